The van der Waals surface area contributed by atoms with Gasteiger partial charge in [-0.3, -0.25) is 5.73 Å². The van der Waals surface area contributed by atoms with Crippen LogP contribution in [0.1, 0.15) is 0 Å². The molecule has 0 aliphatic heterocycles. The third-order valence-corrected chi connectivity index (χ3v) is 3.16. The largest absolute Gasteiger partial charge is 0.573 e. The summed E-state index contributed by atoms with van der Waals surface area (Å²) in [5.41, 5.74) is 6.42. The molecule has 7 heteroatoms. The second kappa shape index (κ2) is 4.38. The minimum atomic E-state index is -4.70. The van der Waals surface area contributed by atoms with E-state index in [2.05, 4.69) is 10.7 Å². The maximum Gasteiger partial charge on any atom is 0.573 e. The highest BCUT2D eigenvalue weighted by atomic mass is 32.1. The number of alkyl halides is 3. The van der Waals surface area contributed by atoms with Crippen molar-refractivity contribution < 1.29 is 22.5 Å². The summed E-state index contributed by atoms with van der Waals surface area (Å²) in [6.45, 7) is 0.269. The van der Waals surface area contributed by atoms with Crippen molar-refractivity contribution in [2.45, 2.75) is 12.9 Å². The van der Waals surface area contributed by atoms with E-state index < -0.39 is 6.36 Å². The number of aromatic nitrogens is 1. The van der Waals surface area contributed by atoms with Crippen LogP contribution in [-0.4, -0.2) is 6.36 Å². The van der Waals surface area contributed by atoms with E-state index in [-0.39, 0.29) is 12.3 Å². The molecule has 0 saturated carbocycles. The lowest BCUT2D eigenvalue weighted by molar-refractivity contribution is -0.640. The molecule has 0 radical (unpaired) electrons. The second-order valence-corrected chi connectivity index (χ2v) is 4.47. The predicted molar refractivity (Wildman–Crippen MR) is 61.9 cm³/mol. The molecular weight excluding hydrogens is 265 g/mol. The highest BCUT2D eigenvalue weighted by molar-refractivity contribution is 7.21. The van der Waals surface area contributed by atoms with E-state index in [0.29, 0.717) is 15.3 Å². The molecule has 1 heterocycles. The summed E-state index contributed by atoms with van der Waals surface area (Å²) in [6, 6.07) is 4.02. The minimum Gasteiger partial charge on any atom is -0.406 e. The molecule has 94 valence electrons. The average molecular weight is 273 g/mol. The van der Waals surface area contributed by atoms with E-state index in [1.165, 1.54) is 18.2 Å². The van der Waals surface area contributed by atoms with Gasteiger partial charge in [0.2, 0.25) is 0 Å². The molecule has 1 aromatic carbocycles. The number of halogens is 3. The smallest absolute Gasteiger partial charge is 0.406 e. The number of nitrogens with zero attached hydrogens (tertiary/aromatic N) is 1. The Morgan fingerprint density at radius 2 is 2.17 bits per heavy atom. The number of nitrogen functional groups attached to an aromatic ring is 1. The van der Waals surface area contributed by atoms with E-state index in [9.17, 15) is 13.2 Å². The van der Waals surface area contributed by atoms with Gasteiger partial charge in [-0.2, -0.15) is 0 Å². The normalized spacial score (nSPS) is 11.4. The van der Waals surface area contributed by atoms with Crippen molar-refractivity contribution in [3.63, 3.8) is 0 Å². The summed E-state index contributed by atoms with van der Waals surface area (Å²) in [5, 5.41) is 0.437. The lowest BCUT2D eigenvalue weighted by atomic mass is 10.3. The average Bonchev–Trinajstić information content (AvgIpc) is 2.53. The molecule has 18 heavy (non-hydrogen) atoms. The van der Waals surface area contributed by atoms with Crippen LogP contribution in [0.15, 0.2) is 18.2 Å². The van der Waals surface area contributed by atoms with E-state index in [1.54, 1.807) is 4.57 Å². The van der Waals surface area contributed by atoms with Crippen molar-refractivity contribution in [2.75, 3.05) is 5.73 Å². The lowest BCUT2D eigenvalue weighted by Gasteiger charge is -2.07. The van der Waals surface area contributed by atoms with Gasteiger partial charge in [0, 0.05) is 6.07 Å². The number of rotatable bonds is 2. The number of fused-ring (bicyclic) bond motifs is 1. The molecule has 0 atom stereocenters. The SMILES string of the molecule is C#CC[n+]1c(N)sc2cc(OC(F)(F)F)ccc21. The van der Waals surface area contributed by atoms with Crippen molar-refractivity contribution >= 4 is 26.7 Å². The summed E-state index contributed by atoms with van der Waals surface area (Å²) in [4.78, 5) is 0. The van der Waals surface area contributed by atoms with Gasteiger partial charge >= 0.3 is 11.5 Å². The van der Waals surface area contributed by atoms with E-state index >= 15 is 0 Å². The fraction of sp³-hybridized carbons (Fsp3) is 0.182. The summed E-state index contributed by atoms with van der Waals surface area (Å²) < 4.78 is 42.3. The van der Waals surface area contributed by atoms with Crippen molar-refractivity contribution in [2.24, 2.45) is 0 Å². The predicted octanol–water partition coefficient (Wildman–Crippen LogP) is 2.30. The van der Waals surface area contributed by atoms with Crippen LogP contribution in [0, 0.1) is 12.3 Å². The van der Waals surface area contributed by atoms with Crippen LogP contribution in [0.2, 0.25) is 0 Å². The van der Waals surface area contributed by atoms with Crippen LogP contribution in [-0.2, 0) is 6.54 Å². The first-order valence-corrected chi connectivity index (χ1v) is 5.63. The zero-order valence-corrected chi connectivity index (χ0v) is 9.81. The van der Waals surface area contributed by atoms with Gasteiger partial charge in [-0.1, -0.05) is 5.92 Å². The zero-order valence-electron chi connectivity index (χ0n) is 8.99. The molecular formula is C11H8F3N2OS+. The molecule has 0 unspecified atom stereocenters. The number of ether oxygens (including phenoxy) is 1. The van der Waals surface area contributed by atoms with E-state index in [4.69, 9.17) is 12.2 Å². The van der Waals surface area contributed by atoms with Crippen LogP contribution >= 0.6 is 11.3 Å². The van der Waals surface area contributed by atoms with Gasteiger partial charge in [0.1, 0.15) is 11.3 Å². The van der Waals surface area contributed by atoms with E-state index in [1.807, 2.05) is 0 Å². The standard InChI is InChI=1S/C11H7F3N2OS/c1-2-5-16-8-4-3-7(17-11(12,13)14)6-9(8)18-10(16)15/h1,3-4,6,15H,5H2/p+1. The topological polar surface area (TPSA) is 39.1 Å². The highest BCUT2D eigenvalue weighted by Gasteiger charge is 2.31. The number of anilines is 1. The quantitative estimate of drug-likeness (QED) is 0.673. The first-order chi connectivity index (χ1) is 8.40. The van der Waals surface area contributed by atoms with Crippen molar-refractivity contribution in [3.05, 3.63) is 18.2 Å². The van der Waals surface area contributed by atoms with Crippen molar-refractivity contribution in [1.82, 2.24) is 0 Å². The number of hydrogen-bond donors (Lipinski definition) is 1. The van der Waals surface area contributed by atoms with E-state index in [0.717, 1.165) is 11.3 Å². The van der Waals surface area contributed by atoms with Crippen LogP contribution in [0.4, 0.5) is 18.3 Å². The number of nitrogens with two attached hydrogens (primary N) is 1. The molecule has 0 aliphatic rings. The number of hydrogen-bond acceptors (Lipinski definition) is 3. The lowest BCUT2D eigenvalue weighted by Crippen LogP contribution is -2.34. The molecule has 1 aromatic heterocycles. The van der Waals surface area contributed by atoms with Crippen LogP contribution < -0.4 is 15.0 Å². The number of terminal acetylenes is 1. The fourth-order valence-electron chi connectivity index (χ4n) is 1.54. The Kier molecular flexibility index (Phi) is 3.05. The third-order valence-electron chi connectivity index (χ3n) is 2.19. The monoisotopic (exact) mass is 273 g/mol. The van der Waals surface area contributed by atoms with Gasteiger partial charge in [0.05, 0.1) is 4.70 Å². The first-order valence-electron chi connectivity index (χ1n) is 4.82. The fourth-order valence-corrected chi connectivity index (χ4v) is 2.49. The molecule has 0 fully saturated rings. The molecule has 0 bridgehead atoms. The molecule has 0 amide bonds. The molecule has 3 nitrogen and oxygen atoms in total. The Hall–Kier alpha value is -1.94. The summed E-state index contributed by atoms with van der Waals surface area (Å²) in [6.07, 6.45) is 0.494. The summed E-state index contributed by atoms with van der Waals surface area (Å²) >= 11 is 1.16. The molecule has 0 aliphatic carbocycles. The molecule has 2 N–H and O–H groups in total. The Morgan fingerprint density at radius 1 is 1.44 bits per heavy atom. The van der Waals surface area contributed by atoms with Gasteiger partial charge in [-0.25, -0.2) is 4.57 Å². The number of thiazole rings is 1. The Bertz CT molecular complexity index is 627. The molecule has 0 spiro atoms. The summed E-state index contributed by atoms with van der Waals surface area (Å²) in [5.74, 6) is 2.16. The first kappa shape index (κ1) is 12.5. The van der Waals surface area contributed by atoms with Crippen LogP contribution in [0.3, 0.4) is 0 Å². The van der Waals surface area contributed by atoms with Crippen molar-refractivity contribution in [3.8, 4) is 18.1 Å². The third kappa shape index (κ3) is 2.49. The van der Waals surface area contributed by atoms with Crippen LogP contribution in [0.5, 0.6) is 5.75 Å². The maximum atomic E-state index is 12.1. The zero-order chi connectivity index (χ0) is 13.3. The molecule has 2 aromatic rings. The number of benzene rings is 1. The van der Waals surface area contributed by atoms with Crippen molar-refractivity contribution in [1.29, 1.82) is 0 Å². The maximum absolute atomic E-state index is 12.1. The van der Waals surface area contributed by atoms with Crippen LogP contribution in [0.25, 0.3) is 10.2 Å². The Balaban J connectivity index is 2.45. The summed E-state index contributed by atoms with van der Waals surface area (Å²) in [7, 11) is 0. The van der Waals surface area contributed by atoms with Gasteiger partial charge < -0.3 is 4.74 Å². The van der Waals surface area contributed by atoms with Gasteiger partial charge in [0.15, 0.2) is 6.54 Å². The second-order valence-electron chi connectivity index (χ2n) is 3.41. The Labute approximate surface area is 105 Å². The molecule has 0 saturated heterocycles. The Morgan fingerprint density at radius 3 is 2.78 bits per heavy atom. The van der Waals surface area contributed by atoms with Gasteiger partial charge in [-0.05, 0) is 23.5 Å². The minimum absolute atomic E-state index is 0.269. The highest BCUT2D eigenvalue weighted by Crippen LogP contribution is 2.29. The van der Waals surface area contributed by atoms with Gasteiger partial charge in [0.25, 0.3) is 0 Å². The van der Waals surface area contributed by atoms with Gasteiger partial charge in [-0.15, -0.1) is 19.6 Å². The molecule has 2 rings (SSSR count).